The summed E-state index contributed by atoms with van der Waals surface area (Å²) in [7, 11) is 1.61. The Labute approximate surface area is 123 Å². The summed E-state index contributed by atoms with van der Waals surface area (Å²) >= 11 is 0. The van der Waals surface area contributed by atoms with Gasteiger partial charge in [0.2, 0.25) is 0 Å². The van der Waals surface area contributed by atoms with Crippen molar-refractivity contribution in [3.63, 3.8) is 0 Å². The van der Waals surface area contributed by atoms with Gasteiger partial charge < -0.3 is 15.2 Å². The average molecular weight is 289 g/mol. The Bertz CT molecular complexity index is 628. The first-order chi connectivity index (χ1) is 10.2. The van der Waals surface area contributed by atoms with Gasteiger partial charge in [-0.2, -0.15) is 0 Å². The molecule has 1 aliphatic heterocycles. The number of benzene rings is 1. The van der Waals surface area contributed by atoms with Crippen LogP contribution in [0, 0.1) is 5.92 Å². The van der Waals surface area contributed by atoms with Crippen LogP contribution in [0.1, 0.15) is 13.3 Å². The number of ether oxygens (including phenoxy) is 2. The molecule has 0 amide bonds. The fourth-order valence-corrected chi connectivity index (χ4v) is 2.64. The summed E-state index contributed by atoms with van der Waals surface area (Å²) in [6.07, 6.45) is 1.26. The van der Waals surface area contributed by atoms with Gasteiger partial charge in [-0.25, -0.2) is 4.68 Å². The normalized spacial score (nSPS) is 21.6. The van der Waals surface area contributed by atoms with Crippen molar-refractivity contribution in [1.82, 2.24) is 20.2 Å². The third-order valence-corrected chi connectivity index (χ3v) is 3.90. The van der Waals surface area contributed by atoms with Crippen LogP contribution in [-0.2, 0) is 11.3 Å². The van der Waals surface area contributed by atoms with Crippen LogP contribution in [0.2, 0.25) is 0 Å². The summed E-state index contributed by atoms with van der Waals surface area (Å²) in [6.45, 7) is 3.63. The Morgan fingerprint density at radius 3 is 3.00 bits per heavy atom. The zero-order valence-corrected chi connectivity index (χ0v) is 12.2. The Morgan fingerprint density at radius 1 is 1.43 bits per heavy atom. The van der Waals surface area contributed by atoms with E-state index in [0.29, 0.717) is 23.2 Å². The first-order valence-electron chi connectivity index (χ1n) is 7.00. The number of nitrogens with zero attached hydrogens (tertiary/aromatic N) is 4. The standard InChI is InChI=1S/C14H19N5O2/c1-9-10(3-4-21-9)8-19-14(16-17-18-19)11-5-12(15)7-13(6-11)20-2/h5-7,9-10H,3-4,8,15H2,1-2H3. The van der Waals surface area contributed by atoms with Crippen LogP contribution in [0.5, 0.6) is 5.75 Å². The minimum Gasteiger partial charge on any atom is -0.497 e. The van der Waals surface area contributed by atoms with Gasteiger partial charge in [0.05, 0.1) is 19.8 Å². The maximum atomic E-state index is 5.90. The molecule has 0 radical (unpaired) electrons. The lowest BCUT2D eigenvalue weighted by Crippen LogP contribution is -2.19. The molecule has 1 aliphatic rings. The monoisotopic (exact) mass is 289 g/mol. The molecule has 112 valence electrons. The molecule has 21 heavy (non-hydrogen) atoms. The van der Waals surface area contributed by atoms with Crippen molar-refractivity contribution in [1.29, 1.82) is 0 Å². The molecule has 0 bridgehead atoms. The zero-order valence-electron chi connectivity index (χ0n) is 12.2. The van der Waals surface area contributed by atoms with Crippen LogP contribution >= 0.6 is 0 Å². The highest BCUT2D eigenvalue weighted by Crippen LogP contribution is 2.27. The molecule has 2 unspecified atom stereocenters. The van der Waals surface area contributed by atoms with Gasteiger partial charge in [-0.3, -0.25) is 0 Å². The van der Waals surface area contributed by atoms with Crippen molar-refractivity contribution in [2.75, 3.05) is 19.5 Å². The molecular weight excluding hydrogens is 270 g/mol. The fourth-order valence-electron chi connectivity index (χ4n) is 2.64. The van der Waals surface area contributed by atoms with Gasteiger partial charge in [0.15, 0.2) is 5.82 Å². The lowest BCUT2D eigenvalue weighted by atomic mass is 10.0. The summed E-state index contributed by atoms with van der Waals surface area (Å²) in [5, 5.41) is 12.0. The van der Waals surface area contributed by atoms with Crippen LogP contribution < -0.4 is 10.5 Å². The SMILES string of the molecule is COc1cc(N)cc(-c2nnnn2CC2CCOC2C)c1. The Hall–Kier alpha value is -2.15. The first kappa shape index (κ1) is 13.8. The first-order valence-corrected chi connectivity index (χ1v) is 7.00. The van der Waals surface area contributed by atoms with E-state index in [1.54, 1.807) is 13.2 Å². The molecule has 2 atom stereocenters. The predicted octanol–water partition coefficient (Wildman–Crippen LogP) is 1.36. The minimum atomic E-state index is 0.234. The fraction of sp³-hybridized carbons (Fsp3) is 0.500. The van der Waals surface area contributed by atoms with Crippen LogP contribution in [-0.4, -0.2) is 40.0 Å². The number of methoxy groups -OCH3 is 1. The van der Waals surface area contributed by atoms with Gasteiger partial charge in [0.1, 0.15) is 5.75 Å². The van der Waals surface area contributed by atoms with E-state index in [-0.39, 0.29) is 6.10 Å². The second-order valence-electron chi connectivity index (χ2n) is 5.30. The molecule has 1 aromatic heterocycles. The van der Waals surface area contributed by atoms with E-state index in [1.165, 1.54) is 0 Å². The van der Waals surface area contributed by atoms with Crippen molar-refractivity contribution >= 4 is 5.69 Å². The van der Waals surface area contributed by atoms with Crippen LogP contribution in [0.15, 0.2) is 18.2 Å². The lowest BCUT2D eigenvalue weighted by Gasteiger charge is -2.14. The summed E-state index contributed by atoms with van der Waals surface area (Å²) < 4.78 is 12.6. The number of nitrogens with two attached hydrogens (primary N) is 1. The van der Waals surface area contributed by atoms with Gasteiger partial charge in [-0.15, -0.1) is 5.10 Å². The number of hydrogen-bond acceptors (Lipinski definition) is 6. The second-order valence-corrected chi connectivity index (χ2v) is 5.30. The highest BCUT2D eigenvalue weighted by molar-refractivity contribution is 5.64. The van der Waals surface area contributed by atoms with Crippen LogP contribution in [0.3, 0.4) is 0 Å². The van der Waals surface area contributed by atoms with Crippen molar-refractivity contribution in [2.24, 2.45) is 5.92 Å². The van der Waals surface area contributed by atoms with E-state index in [4.69, 9.17) is 15.2 Å². The van der Waals surface area contributed by atoms with Gasteiger partial charge in [-0.05, 0) is 35.9 Å². The lowest BCUT2D eigenvalue weighted by molar-refractivity contribution is 0.101. The topological polar surface area (TPSA) is 88.1 Å². The number of aromatic nitrogens is 4. The second kappa shape index (κ2) is 5.69. The maximum absolute atomic E-state index is 5.90. The van der Waals surface area contributed by atoms with Gasteiger partial charge in [-0.1, -0.05) is 0 Å². The maximum Gasteiger partial charge on any atom is 0.182 e. The molecule has 1 aromatic carbocycles. The van der Waals surface area contributed by atoms with Crippen molar-refractivity contribution in [3.05, 3.63) is 18.2 Å². The largest absolute Gasteiger partial charge is 0.497 e. The molecule has 7 nitrogen and oxygen atoms in total. The number of nitrogen functional groups attached to an aromatic ring is 1. The molecule has 0 aliphatic carbocycles. The molecule has 0 saturated carbocycles. The molecule has 1 saturated heterocycles. The average Bonchev–Trinajstić information content (AvgIpc) is 3.08. The highest BCUT2D eigenvalue weighted by Gasteiger charge is 2.26. The molecule has 7 heteroatoms. The quantitative estimate of drug-likeness (QED) is 0.855. The van der Waals surface area contributed by atoms with Crippen LogP contribution in [0.25, 0.3) is 11.4 Å². The van der Waals surface area contributed by atoms with E-state index in [2.05, 4.69) is 22.4 Å². The van der Waals surface area contributed by atoms with Gasteiger partial charge in [0.25, 0.3) is 0 Å². The summed E-state index contributed by atoms with van der Waals surface area (Å²) in [4.78, 5) is 0. The van der Waals surface area contributed by atoms with Crippen molar-refractivity contribution in [2.45, 2.75) is 26.0 Å². The number of tetrazole rings is 1. The van der Waals surface area contributed by atoms with Gasteiger partial charge >= 0.3 is 0 Å². The van der Waals surface area contributed by atoms with Crippen LogP contribution in [0.4, 0.5) is 5.69 Å². The summed E-state index contributed by atoms with van der Waals surface area (Å²) in [5.41, 5.74) is 7.37. The van der Waals surface area contributed by atoms with Crippen molar-refractivity contribution < 1.29 is 9.47 Å². The zero-order chi connectivity index (χ0) is 14.8. The molecule has 1 fully saturated rings. The smallest absolute Gasteiger partial charge is 0.182 e. The molecule has 3 rings (SSSR count). The third-order valence-electron chi connectivity index (χ3n) is 3.90. The molecule has 2 heterocycles. The Balaban J connectivity index is 1.89. The number of rotatable bonds is 4. The Morgan fingerprint density at radius 2 is 2.29 bits per heavy atom. The highest BCUT2D eigenvalue weighted by atomic mass is 16.5. The molecular formula is C14H19N5O2. The summed E-state index contributed by atoms with van der Waals surface area (Å²) in [6, 6.07) is 5.50. The third kappa shape index (κ3) is 2.82. The predicted molar refractivity (Wildman–Crippen MR) is 77.7 cm³/mol. The number of hydrogen-bond donors (Lipinski definition) is 1. The van der Waals surface area contributed by atoms with Gasteiger partial charge in [0, 0.05) is 29.8 Å². The van der Waals surface area contributed by atoms with E-state index in [0.717, 1.165) is 25.1 Å². The molecule has 0 spiro atoms. The Kier molecular flexibility index (Phi) is 3.74. The van der Waals surface area contributed by atoms with E-state index >= 15 is 0 Å². The molecule has 2 aromatic rings. The van der Waals surface area contributed by atoms with E-state index in [1.807, 2.05) is 16.8 Å². The van der Waals surface area contributed by atoms with Crippen molar-refractivity contribution in [3.8, 4) is 17.1 Å². The van der Waals surface area contributed by atoms with E-state index < -0.39 is 0 Å². The minimum absolute atomic E-state index is 0.234. The molecule has 2 N–H and O–H groups in total. The number of anilines is 1. The van der Waals surface area contributed by atoms with E-state index in [9.17, 15) is 0 Å². The summed E-state index contributed by atoms with van der Waals surface area (Å²) in [5.74, 6) is 1.81.